The van der Waals surface area contributed by atoms with Crippen molar-refractivity contribution in [1.29, 1.82) is 0 Å². The Bertz CT molecular complexity index is 3260. The minimum absolute atomic E-state index is 0.518. The van der Waals surface area contributed by atoms with Crippen LogP contribution in [0.25, 0.3) is 54.9 Å². The Morgan fingerprint density at radius 2 is 1.05 bits per heavy atom. The Hall–Kier alpha value is -7.48. The van der Waals surface area contributed by atoms with Crippen LogP contribution >= 0.6 is 0 Å². The fourth-order valence-corrected chi connectivity index (χ4v) is 10.7. The molecular formula is C59H41N. The number of aryl methyl sites for hydroxylation is 1. The number of anilines is 3. The summed E-state index contributed by atoms with van der Waals surface area (Å²) >= 11 is 0. The van der Waals surface area contributed by atoms with E-state index in [-0.39, 0.29) is 0 Å². The van der Waals surface area contributed by atoms with Crippen molar-refractivity contribution in [2.45, 2.75) is 18.8 Å². The molecule has 0 bridgehead atoms. The van der Waals surface area contributed by atoms with Crippen LogP contribution < -0.4 is 4.90 Å². The molecule has 2 aliphatic carbocycles. The highest BCUT2D eigenvalue weighted by molar-refractivity contribution is 6.18. The summed E-state index contributed by atoms with van der Waals surface area (Å²) in [5.41, 5.74) is 19.9. The molecule has 282 valence electrons. The Morgan fingerprint density at radius 1 is 0.417 bits per heavy atom. The second-order valence-electron chi connectivity index (χ2n) is 16.4. The van der Waals surface area contributed by atoms with Crippen LogP contribution in [-0.2, 0) is 11.8 Å². The summed E-state index contributed by atoms with van der Waals surface area (Å²) in [5, 5.41) is 5.13. The van der Waals surface area contributed by atoms with Gasteiger partial charge in [-0.1, -0.05) is 188 Å². The van der Waals surface area contributed by atoms with Crippen molar-refractivity contribution >= 4 is 38.6 Å². The third-order valence-corrected chi connectivity index (χ3v) is 13.3. The minimum atomic E-state index is -0.518. The highest BCUT2D eigenvalue weighted by Gasteiger charge is 2.46. The molecule has 1 nitrogen and oxygen atoms in total. The second kappa shape index (κ2) is 13.5. The van der Waals surface area contributed by atoms with E-state index in [1.54, 1.807) is 0 Å². The topological polar surface area (TPSA) is 3.24 Å². The maximum absolute atomic E-state index is 2.51. The lowest BCUT2D eigenvalue weighted by molar-refractivity contribution is 0.761. The van der Waals surface area contributed by atoms with E-state index < -0.39 is 5.41 Å². The molecule has 10 aromatic carbocycles. The van der Waals surface area contributed by atoms with Gasteiger partial charge in [-0.05, 0) is 132 Å². The molecule has 60 heavy (non-hydrogen) atoms. The van der Waals surface area contributed by atoms with E-state index in [0.29, 0.717) is 0 Å². The molecule has 0 spiro atoms. The molecule has 0 fully saturated rings. The summed E-state index contributed by atoms with van der Waals surface area (Å²) in [4.78, 5) is 2.51. The Kier molecular flexibility index (Phi) is 7.80. The zero-order chi connectivity index (χ0) is 39.8. The maximum Gasteiger partial charge on any atom is 0.0716 e. The largest absolute Gasteiger partial charge is 0.310 e. The van der Waals surface area contributed by atoms with Gasteiger partial charge < -0.3 is 4.90 Å². The van der Waals surface area contributed by atoms with Crippen molar-refractivity contribution in [1.82, 2.24) is 0 Å². The van der Waals surface area contributed by atoms with Crippen LogP contribution in [0.3, 0.4) is 0 Å². The van der Waals surface area contributed by atoms with Crippen LogP contribution in [0.15, 0.2) is 218 Å². The Labute approximate surface area is 351 Å². The van der Waals surface area contributed by atoms with Gasteiger partial charge in [0.05, 0.1) is 11.1 Å². The first-order chi connectivity index (χ1) is 29.7. The van der Waals surface area contributed by atoms with Crippen LogP contribution in [-0.4, -0.2) is 0 Å². The van der Waals surface area contributed by atoms with Gasteiger partial charge in [-0.2, -0.15) is 0 Å². The zero-order valence-corrected chi connectivity index (χ0v) is 33.4. The maximum atomic E-state index is 2.51. The fraction of sp³-hybridized carbons (Fsp3) is 0.0508. The third-order valence-electron chi connectivity index (χ3n) is 13.3. The number of hydrogen-bond acceptors (Lipinski definition) is 1. The molecule has 0 heterocycles. The summed E-state index contributed by atoms with van der Waals surface area (Å²) in [6.45, 7) is 2.27. The predicted octanol–water partition coefficient (Wildman–Crippen LogP) is 15.4. The van der Waals surface area contributed by atoms with Gasteiger partial charge >= 0.3 is 0 Å². The van der Waals surface area contributed by atoms with Crippen LogP contribution in [0.5, 0.6) is 0 Å². The quantitative estimate of drug-likeness (QED) is 0.152. The van der Waals surface area contributed by atoms with E-state index in [4.69, 9.17) is 0 Å². The normalized spacial score (nSPS) is 13.2. The van der Waals surface area contributed by atoms with Gasteiger partial charge in [0.15, 0.2) is 0 Å². The summed E-state index contributed by atoms with van der Waals surface area (Å²) in [7, 11) is 0. The number of nitrogens with zero attached hydrogens (tertiary/aromatic N) is 1. The van der Waals surface area contributed by atoms with Gasteiger partial charge in [-0.15, -0.1) is 0 Å². The number of rotatable bonds is 6. The molecule has 2 aliphatic rings. The summed E-state index contributed by atoms with van der Waals surface area (Å²) in [6.07, 6.45) is 0.926. The van der Waals surface area contributed by atoms with Gasteiger partial charge in [-0.25, -0.2) is 0 Å². The third kappa shape index (κ3) is 5.06. The lowest BCUT2D eigenvalue weighted by Crippen LogP contribution is -2.29. The van der Waals surface area contributed by atoms with Crippen molar-refractivity contribution in [3.63, 3.8) is 0 Å². The molecule has 10 aromatic rings. The molecule has 0 aromatic heterocycles. The Morgan fingerprint density at radius 3 is 1.82 bits per heavy atom. The summed E-state index contributed by atoms with van der Waals surface area (Å²) < 4.78 is 0. The van der Waals surface area contributed by atoms with Gasteiger partial charge in [0, 0.05) is 16.8 Å². The molecule has 12 rings (SSSR count). The average molecular weight is 764 g/mol. The first kappa shape index (κ1) is 34.6. The molecule has 1 heteroatoms. The van der Waals surface area contributed by atoms with Crippen molar-refractivity contribution in [2.24, 2.45) is 0 Å². The summed E-state index contributed by atoms with van der Waals surface area (Å²) in [6, 6.07) is 81.4. The van der Waals surface area contributed by atoms with Crippen LogP contribution in [0.2, 0.25) is 0 Å². The number of benzene rings is 10. The van der Waals surface area contributed by atoms with Gasteiger partial charge in [0.1, 0.15) is 0 Å². The molecule has 0 amide bonds. The first-order valence-electron chi connectivity index (χ1n) is 21.1. The van der Waals surface area contributed by atoms with Gasteiger partial charge in [0.2, 0.25) is 0 Å². The molecule has 0 N–H and O–H groups in total. The minimum Gasteiger partial charge on any atom is -0.310 e. The molecular weight excluding hydrogens is 723 g/mol. The monoisotopic (exact) mass is 763 g/mol. The molecule has 0 unspecified atom stereocenters. The summed E-state index contributed by atoms with van der Waals surface area (Å²) in [5.74, 6) is 0. The van der Waals surface area contributed by atoms with E-state index in [1.165, 1.54) is 99.6 Å². The second-order valence-corrected chi connectivity index (χ2v) is 16.4. The van der Waals surface area contributed by atoms with E-state index in [2.05, 4.69) is 230 Å². The predicted molar refractivity (Wildman–Crippen MR) is 252 cm³/mol. The van der Waals surface area contributed by atoms with E-state index in [0.717, 1.165) is 17.8 Å². The van der Waals surface area contributed by atoms with Crippen LogP contribution in [0, 0.1) is 6.92 Å². The SMILES string of the molecule is Cc1ccccc1C1(c2cccc(N(c3ccc(-c4ccccc4)cc3)c3cc4ccccc4c4c5c(ccc34)-c3ccccc3C5)c2)c2ccccc2-c2ccccc21. The van der Waals surface area contributed by atoms with Crippen molar-refractivity contribution < 1.29 is 0 Å². The van der Waals surface area contributed by atoms with Gasteiger partial charge in [-0.3, -0.25) is 0 Å². The highest BCUT2D eigenvalue weighted by atomic mass is 15.1. The molecule has 0 saturated carbocycles. The zero-order valence-electron chi connectivity index (χ0n) is 33.4. The van der Waals surface area contributed by atoms with Crippen molar-refractivity contribution in [2.75, 3.05) is 4.90 Å². The molecule has 0 radical (unpaired) electrons. The standard InChI is InChI=1S/C59H41N/c1-39-16-5-12-27-54(39)59(55-28-13-10-25-50(55)51-26-11-14-29-56(51)59)44-21-15-22-46(38-44)60(45-32-30-41(31-33-45)40-17-3-2-4-18-40)57-37-43-20-7-9-24-48(43)58-52(57)35-34-49-47-23-8-6-19-42(47)36-53(49)58/h2-35,37-38H,36H2,1H3. The molecule has 0 aliphatic heterocycles. The van der Waals surface area contributed by atoms with Gasteiger partial charge in [0.25, 0.3) is 0 Å². The highest BCUT2D eigenvalue weighted by Crippen LogP contribution is 2.57. The van der Waals surface area contributed by atoms with Crippen LogP contribution in [0.1, 0.15) is 38.9 Å². The first-order valence-corrected chi connectivity index (χ1v) is 21.1. The molecule has 0 atom stereocenters. The smallest absolute Gasteiger partial charge is 0.0716 e. The Balaban J connectivity index is 1.14. The average Bonchev–Trinajstić information content (AvgIpc) is 3.84. The van der Waals surface area contributed by atoms with Crippen molar-refractivity contribution in [3.05, 3.63) is 257 Å². The van der Waals surface area contributed by atoms with E-state index in [9.17, 15) is 0 Å². The van der Waals surface area contributed by atoms with E-state index >= 15 is 0 Å². The fourth-order valence-electron chi connectivity index (χ4n) is 10.7. The van der Waals surface area contributed by atoms with E-state index in [1.807, 2.05) is 0 Å². The number of fused-ring (bicyclic) bond motifs is 10. The molecule has 0 saturated heterocycles. The number of hydrogen-bond donors (Lipinski definition) is 0. The van der Waals surface area contributed by atoms with Crippen molar-refractivity contribution in [3.8, 4) is 33.4 Å². The lowest BCUT2D eigenvalue weighted by Gasteiger charge is -2.36. The van der Waals surface area contributed by atoms with Crippen LogP contribution in [0.4, 0.5) is 17.1 Å². The lowest BCUT2D eigenvalue weighted by atomic mass is 9.66.